The number of rotatable bonds is 6. The molecule has 1 heterocycles. The fourth-order valence-electron chi connectivity index (χ4n) is 3.44. The molecule has 2 aromatic carbocycles. The number of aliphatic hydroxyl groups excluding tert-OH is 1. The van der Waals surface area contributed by atoms with Gasteiger partial charge in [0.15, 0.2) is 23.0 Å². The van der Waals surface area contributed by atoms with E-state index in [1.54, 1.807) is 17.0 Å². The van der Waals surface area contributed by atoms with Crippen LogP contribution in [0.3, 0.4) is 0 Å². The normalized spacial score (nSPS) is 18.1. The van der Waals surface area contributed by atoms with Gasteiger partial charge in [-0.1, -0.05) is 12.1 Å². The Balaban J connectivity index is 1.60. The summed E-state index contributed by atoms with van der Waals surface area (Å²) >= 11 is 0. The van der Waals surface area contributed by atoms with Gasteiger partial charge >= 0.3 is 0 Å². The quantitative estimate of drug-likeness (QED) is 0.409. The van der Waals surface area contributed by atoms with Crippen LogP contribution in [0.4, 0.5) is 0 Å². The van der Waals surface area contributed by atoms with Crippen LogP contribution in [0.15, 0.2) is 36.4 Å². The number of aromatic hydroxyl groups is 4. The van der Waals surface area contributed by atoms with Crippen molar-refractivity contribution >= 4 is 5.91 Å². The molecule has 0 spiro atoms. The van der Waals surface area contributed by atoms with Crippen molar-refractivity contribution in [2.75, 3.05) is 6.54 Å². The van der Waals surface area contributed by atoms with Gasteiger partial charge in [-0.15, -0.1) is 0 Å². The van der Waals surface area contributed by atoms with Gasteiger partial charge in [-0.25, -0.2) is 0 Å². The number of likely N-dealkylation sites (tertiary alicyclic amines) is 1. The average molecular weight is 388 g/mol. The van der Waals surface area contributed by atoms with E-state index in [0.717, 1.165) is 6.42 Å². The number of hydrogen-bond donors (Lipinski definition) is 6. The molecule has 0 radical (unpaired) electrons. The number of phenolic OH excluding ortho intramolecular Hbond substituents is 4. The van der Waals surface area contributed by atoms with E-state index in [1.807, 2.05) is 0 Å². The Morgan fingerprint density at radius 3 is 2.25 bits per heavy atom. The van der Waals surface area contributed by atoms with Crippen molar-refractivity contribution in [1.82, 2.24) is 10.2 Å². The number of aliphatic hydroxyl groups is 1. The monoisotopic (exact) mass is 388 g/mol. The predicted molar refractivity (Wildman–Crippen MR) is 101 cm³/mol. The van der Waals surface area contributed by atoms with E-state index < -0.39 is 12.3 Å². The van der Waals surface area contributed by atoms with Crippen LogP contribution < -0.4 is 5.32 Å². The summed E-state index contributed by atoms with van der Waals surface area (Å²) in [6, 6.07) is 8.23. The topological polar surface area (TPSA) is 133 Å². The van der Waals surface area contributed by atoms with Crippen LogP contribution in [0, 0.1) is 0 Å². The summed E-state index contributed by atoms with van der Waals surface area (Å²) in [6.07, 6.45) is 0.698. The van der Waals surface area contributed by atoms with E-state index in [0.29, 0.717) is 24.1 Å². The summed E-state index contributed by atoms with van der Waals surface area (Å²) in [5.74, 6) is -1.17. The van der Waals surface area contributed by atoms with E-state index in [2.05, 4.69) is 5.32 Å². The van der Waals surface area contributed by atoms with E-state index in [9.17, 15) is 30.3 Å². The van der Waals surface area contributed by atoms with Gasteiger partial charge in [0, 0.05) is 19.5 Å². The molecule has 0 bridgehead atoms. The van der Waals surface area contributed by atoms with Gasteiger partial charge in [0.1, 0.15) is 6.23 Å². The van der Waals surface area contributed by atoms with Crippen LogP contribution in [-0.2, 0) is 17.8 Å². The van der Waals surface area contributed by atoms with Gasteiger partial charge in [-0.3, -0.25) is 9.69 Å². The summed E-state index contributed by atoms with van der Waals surface area (Å²) in [7, 11) is 0. The molecular weight excluding hydrogens is 364 g/mol. The van der Waals surface area contributed by atoms with Crippen molar-refractivity contribution in [3.8, 4) is 23.0 Å². The standard InChI is InChI=1S/C20H24N2O6/c23-15-5-3-12(8-17(15)25)10-19(27)22-7-1-2-14(22)20(28)21-11-13-4-6-16(24)18(26)9-13/h3-6,8-9,14,19,23-27H,1-2,7,10-11H2,(H,21,28). The fourth-order valence-corrected chi connectivity index (χ4v) is 3.44. The number of hydrogen-bond acceptors (Lipinski definition) is 7. The van der Waals surface area contributed by atoms with Crippen LogP contribution in [0.1, 0.15) is 24.0 Å². The Bertz CT molecular complexity index is 857. The number of nitrogens with one attached hydrogen (secondary N) is 1. The van der Waals surface area contributed by atoms with Gasteiger partial charge in [-0.2, -0.15) is 0 Å². The molecule has 1 amide bonds. The van der Waals surface area contributed by atoms with Crippen molar-refractivity contribution in [2.45, 2.75) is 38.1 Å². The smallest absolute Gasteiger partial charge is 0.237 e. The molecular formula is C20H24N2O6. The van der Waals surface area contributed by atoms with Crippen molar-refractivity contribution in [3.05, 3.63) is 47.5 Å². The van der Waals surface area contributed by atoms with Crippen molar-refractivity contribution in [1.29, 1.82) is 0 Å². The first-order chi connectivity index (χ1) is 13.3. The Morgan fingerprint density at radius 1 is 1.00 bits per heavy atom. The van der Waals surface area contributed by atoms with Gasteiger partial charge in [-0.05, 0) is 48.2 Å². The molecule has 3 rings (SSSR count). The van der Waals surface area contributed by atoms with Crippen LogP contribution in [0.25, 0.3) is 0 Å². The highest BCUT2D eigenvalue weighted by Crippen LogP contribution is 2.28. The Labute approximate surface area is 162 Å². The first-order valence-electron chi connectivity index (χ1n) is 9.08. The molecule has 2 aromatic rings. The third-order valence-corrected chi connectivity index (χ3v) is 4.94. The first kappa shape index (κ1) is 19.8. The maximum absolute atomic E-state index is 12.6. The van der Waals surface area contributed by atoms with Crippen LogP contribution in [0.2, 0.25) is 0 Å². The molecule has 2 unspecified atom stereocenters. The number of nitrogens with zero attached hydrogens (tertiary/aromatic N) is 1. The third kappa shape index (κ3) is 4.47. The molecule has 0 saturated carbocycles. The summed E-state index contributed by atoms with van der Waals surface area (Å²) in [5, 5.41) is 51.2. The number of phenols is 4. The lowest BCUT2D eigenvalue weighted by molar-refractivity contribution is -0.129. The van der Waals surface area contributed by atoms with Gasteiger partial charge in [0.2, 0.25) is 5.91 Å². The molecule has 0 aliphatic carbocycles. The maximum Gasteiger partial charge on any atom is 0.237 e. The predicted octanol–water partition coefficient (Wildman–Crippen LogP) is 1.15. The second-order valence-electron chi connectivity index (χ2n) is 6.94. The lowest BCUT2D eigenvalue weighted by Crippen LogP contribution is -2.48. The Hall–Kier alpha value is -2.97. The minimum Gasteiger partial charge on any atom is -0.504 e. The number of carbonyl (C=O) groups is 1. The SMILES string of the molecule is O=C(NCc1ccc(O)c(O)c1)C1CCCN1C(O)Cc1ccc(O)c(O)c1. The highest BCUT2D eigenvalue weighted by molar-refractivity contribution is 5.82. The molecule has 2 atom stereocenters. The van der Waals surface area contributed by atoms with E-state index in [-0.39, 0.29) is 41.9 Å². The molecule has 0 aromatic heterocycles. The summed E-state index contributed by atoms with van der Waals surface area (Å²) in [6.45, 7) is 0.766. The van der Waals surface area contributed by atoms with Gasteiger partial charge in [0.05, 0.1) is 6.04 Å². The molecule has 28 heavy (non-hydrogen) atoms. The Kier molecular flexibility index (Phi) is 5.91. The van der Waals surface area contributed by atoms with Crippen molar-refractivity contribution < 1.29 is 30.3 Å². The van der Waals surface area contributed by atoms with Crippen LogP contribution in [0.5, 0.6) is 23.0 Å². The zero-order chi connectivity index (χ0) is 20.3. The number of carbonyl (C=O) groups excluding carboxylic acids is 1. The van der Waals surface area contributed by atoms with Gasteiger partial charge in [0.25, 0.3) is 0 Å². The fraction of sp³-hybridized carbons (Fsp3) is 0.350. The van der Waals surface area contributed by atoms with E-state index in [4.69, 9.17) is 0 Å². The van der Waals surface area contributed by atoms with E-state index >= 15 is 0 Å². The first-order valence-corrected chi connectivity index (χ1v) is 9.08. The molecule has 6 N–H and O–H groups in total. The Morgan fingerprint density at radius 2 is 1.61 bits per heavy atom. The maximum atomic E-state index is 12.6. The van der Waals surface area contributed by atoms with Crippen molar-refractivity contribution in [3.63, 3.8) is 0 Å². The largest absolute Gasteiger partial charge is 0.504 e. The average Bonchev–Trinajstić information content (AvgIpc) is 3.15. The van der Waals surface area contributed by atoms with Crippen LogP contribution >= 0.6 is 0 Å². The van der Waals surface area contributed by atoms with Gasteiger partial charge < -0.3 is 30.8 Å². The zero-order valence-electron chi connectivity index (χ0n) is 15.2. The summed E-state index contributed by atoms with van der Waals surface area (Å²) in [4.78, 5) is 14.3. The molecule has 1 saturated heterocycles. The highest BCUT2D eigenvalue weighted by Gasteiger charge is 2.34. The molecule has 1 aliphatic heterocycles. The second-order valence-corrected chi connectivity index (χ2v) is 6.94. The minimum absolute atomic E-state index is 0.193. The molecule has 8 heteroatoms. The van der Waals surface area contributed by atoms with Crippen LogP contribution in [-0.4, -0.2) is 55.2 Å². The van der Waals surface area contributed by atoms with E-state index in [1.165, 1.54) is 24.3 Å². The number of amides is 1. The molecule has 1 aliphatic rings. The lowest BCUT2D eigenvalue weighted by atomic mass is 10.1. The summed E-state index contributed by atoms with van der Waals surface area (Å²) < 4.78 is 0. The number of benzene rings is 2. The summed E-state index contributed by atoms with van der Waals surface area (Å²) in [5.41, 5.74) is 1.29. The van der Waals surface area contributed by atoms with Crippen molar-refractivity contribution in [2.24, 2.45) is 0 Å². The molecule has 150 valence electrons. The minimum atomic E-state index is -0.903. The highest BCUT2D eigenvalue weighted by atomic mass is 16.3. The molecule has 8 nitrogen and oxygen atoms in total. The third-order valence-electron chi connectivity index (χ3n) is 4.94. The zero-order valence-corrected chi connectivity index (χ0v) is 15.2. The molecule has 1 fully saturated rings. The second kappa shape index (κ2) is 8.37. The lowest BCUT2D eigenvalue weighted by Gasteiger charge is -2.28.